The third-order valence-corrected chi connectivity index (χ3v) is 4.51. The fraction of sp³-hybridized carbons (Fsp3) is 0.333. The van der Waals surface area contributed by atoms with Gasteiger partial charge in [0.05, 0.1) is 0 Å². The van der Waals surface area contributed by atoms with E-state index in [2.05, 4.69) is 48.5 Å². The third-order valence-electron chi connectivity index (χ3n) is 4.51. The van der Waals surface area contributed by atoms with Gasteiger partial charge in [-0.05, 0) is 41.0 Å². The molecule has 2 aromatic carbocycles. The van der Waals surface area contributed by atoms with Crippen molar-refractivity contribution in [3.05, 3.63) is 70.8 Å². The van der Waals surface area contributed by atoms with Crippen LogP contribution >= 0.6 is 0 Å². The van der Waals surface area contributed by atoms with Gasteiger partial charge in [0, 0.05) is 5.92 Å². The smallest absolute Gasteiger partial charge is 0.00976 e. The molecule has 0 aliphatic heterocycles. The lowest BCUT2D eigenvalue weighted by molar-refractivity contribution is 0.630. The molecule has 2 aliphatic carbocycles. The van der Waals surface area contributed by atoms with Crippen molar-refractivity contribution < 1.29 is 0 Å². The zero-order valence-electron chi connectivity index (χ0n) is 10.6. The van der Waals surface area contributed by atoms with Gasteiger partial charge < -0.3 is 0 Å². The molecule has 0 nitrogen and oxygen atoms in total. The maximum Gasteiger partial charge on any atom is 0.00976 e. The monoisotopic (exact) mass is 234 g/mol. The second kappa shape index (κ2) is 3.98. The lowest BCUT2D eigenvalue weighted by Crippen LogP contribution is -2.14. The van der Waals surface area contributed by atoms with Gasteiger partial charge in [0.15, 0.2) is 0 Å². The number of benzene rings is 2. The SMILES string of the molecule is c1ccc2c(c1)Cc1ccccc1C2CC1CC1. The van der Waals surface area contributed by atoms with Gasteiger partial charge in [-0.25, -0.2) is 0 Å². The van der Waals surface area contributed by atoms with Crippen molar-refractivity contribution in [2.45, 2.75) is 31.6 Å². The average Bonchev–Trinajstić information content (AvgIpc) is 3.22. The van der Waals surface area contributed by atoms with Crippen LogP contribution < -0.4 is 0 Å². The molecule has 1 fully saturated rings. The topological polar surface area (TPSA) is 0 Å². The summed E-state index contributed by atoms with van der Waals surface area (Å²) in [6, 6.07) is 18.1. The van der Waals surface area contributed by atoms with E-state index >= 15 is 0 Å². The summed E-state index contributed by atoms with van der Waals surface area (Å²) in [4.78, 5) is 0. The molecular weight excluding hydrogens is 216 g/mol. The molecule has 0 radical (unpaired) electrons. The quantitative estimate of drug-likeness (QED) is 0.716. The zero-order valence-corrected chi connectivity index (χ0v) is 10.6. The summed E-state index contributed by atoms with van der Waals surface area (Å²) >= 11 is 0. The second-order valence-electron chi connectivity index (χ2n) is 5.81. The Labute approximate surface area is 109 Å². The van der Waals surface area contributed by atoms with Crippen molar-refractivity contribution in [2.24, 2.45) is 5.92 Å². The third kappa shape index (κ3) is 1.68. The van der Waals surface area contributed by atoms with Crippen molar-refractivity contribution in [1.82, 2.24) is 0 Å². The van der Waals surface area contributed by atoms with Crippen LogP contribution in [0.1, 0.15) is 47.4 Å². The van der Waals surface area contributed by atoms with Crippen LogP contribution in [0.2, 0.25) is 0 Å². The number of hydrogen-bond acceptors (Lipinski definition) is 0. The summed E-state index contributed by atoms with van der Waals surface area (Å²) in [6.07, 6.45) is 5.36. The molecule has 0 saturated heterocycles. The fourth-order valence-corrected chi connectivity index (χ4v) is 3.38. The summed E-state index contributed by atoms with van der Waals surface area (Å²) < 4.78 is 0. The van der Waals surface area contributed by atoms with E-state index < -0.39 is 0 Å². The van der Waals surface area contributed by atoms with Crippen LogP contribution in [0, 0.1) is 5.92 Å². The summed E-state index contributed by atoms with van der Waals surface area (Å²) in [5.41, 5.74) is 6.26. The molecule has 1 saturated carbocycles. The molecule has 0 heterocycles. The van der Waals surface area contributed by atoms with Gasteiger partial charge in [-0.1, -0.05) is 61.4 Å². The van der Waals surface area contributed by atoms with Crippen LogP contribution in [0.5, 0.6) is 0 Å². The van der Waals surface area contributed by atoms with Crippen molar-refractivity contribution in [3.63, 3.8) is 0 Å². The van der Waals surface area contributed by atoms with Gasteiger partial charge in [0.25, 0.3) is 0 Å². The van der Waals surface area contributed by atoms with Crippen molar-refractivity contribution in [3.8, 4) is 0 Å². The van der Waals surface area contributed by atoms with E-state index in [4.69, 9.17) is 0 Å². The Bertz CT molecular complexity index is 533. The van der Waals surface area contributed by atoms with Crippen LogP contribution in [0.15, 0.2) is 48.5 Å². The van der Waals surface area contributed by atoms with E-state index in [0.29, 0.717) is 5.92 Å². The van der Waals surface area contributed by atoms with E-state index in [9.17, 15) is 0 Å². The van der Waals surface area contributed by atoms with Crippen LogP contribution in [0.25, 0.3) is 0 Å². The average molecular weight is 234 g/mol. The molecule has 0 atom stereocenters. The van der Waals surface area contributed by atoms with Crippen molar-refractivity contribution in [2.75, 3.05) is 0 Å². The molecule has 0 aromatic heterocycles. The van der Waals surface area contributed by atoms with E-state index in [1.165, 1.54) is 19.3 Å². The van der Waals surface area contributed by atoms with E-state index in [1.807, 2.05) is 0 Å². The summed E-state index contributed by atoms with van der Waals surface area (Å²) in [7, 11) is 0. The molecular formula is C18H18. The largest absolute Gasteiger partial charge is 0.0620 e. The number of fused-ring (bicyclic) bond motifs is 2. The van der Waals surface area contributed by atoms with Gasteiger partial charge in [0.2, 0.25) is 0 Å². The highest BCUT2D eigenvalue weighted by molar-refractivity contribution is 5.49. The van der Waals surface area contributed by atoms with E-state index in [-0.39, 0.29) is 0 Å². The normalized spacial score (nSPS) is 18.2. The van der Waals surface area contributed by atoms with Gasteiger partial charge in [0.1, 0.15) is 0 Å². The molecule has 4 rings (SSSR count). The first-order valence-corrected chi connectivity index (χ1v) is 7.07. The highest BCUT2D eigenvalue weighted by atomic mass is 14.4. The molecule has 0 bridgehead atoms. The minimum atomic E-state index is 0.652. The molecule has 90 valence electrons. The highest BCUT2D eigenvalue weighted by Crippen LogP contribution is 2.45. The molecule has 0 unspecified atom stereocenters. The zero-order chi connectivity index (χ0) is 11.9. The lowest BCUT2D eigenvalue weighted by atomic mass is 9.76. The van der Waals surface area contributed by atoms with Gasteiger partial charge >= 0.3 is 0 Å². The molecule has 2 aromatic rings. The first kappa shape index (κ1) is 10.4. The Morgan fingerprint density at radius 3 is 1.89 bits per heavy atom. The standard InChI is InChI=1S/C18H18/c1-3-7-16-14(5-1)12-15-6-2-4-8-17(15)18(16)11-13-9-10-13/h1-8,13,18H,9-12H2. The predicted octanol–water partition coefficient (Wildman–Crippen LogP) is 4.52. The Balaban J connectivity index is 1.83. The molecule has 0 N–H and O–H groups in total. The Morgan fingerprint density at radius 1 is 0.778 bits per heavy atom. The second-order valence-corrected chi connectivity index (χ2v) is 5.81. The summed E-state index contributed by atoms with van der Waals surface area (Å²) in [5, 5.41) is 0. The van der Waals surface area contributed by atoms with Crippen LogP contribution in [-0.2, 0) is 6.42 Å². The predicted molar refractivity (Wildman–Crippen MR) is 74.9 cm³/mol. The molecule has 2 aliphatic rings. The minimum Gasteiger partial charge on any atom is -0.0620 e. The number of hydrogen-bond donors (Lipinski definition) is 0. The fourth-order valence-electron chi connectivity index (χ4n) is 3.38. The minimum absolute atomic E-state index is 0.652. The Hall–Kier alpha value is -1.56. The van der Waals surface area contributed by atoms with Crippen LogP contribution in [-0.4, -0.2) is 0 Å². The maximum absolute atomic E-state index is 2.35. The molecule has 0 amide bonds. The Kier molecular flexibility index (Phi) is 2.29. The van der Waals surface area contributed by atoms with Gasteiger partial charge in [-0.3, -0.25) is 0 Å². The molecule has 0 spiro atoms. The first-order chi connectivity index (χ1) is 8.92. The van der Waals surface area contributed by atoms with Crippen molar-refractivity contribution in [1.29, 1.82) is 0 Å². The first-order valence-electron chi connectivity index (χ1n) is 7.07. The summed E-state index contributed by atoms with van der Waals surface area (Å²) in [5.74, 6) is 1.63. The Morgan fingerprint density at radius 2 is 1.33 bits per heavy atom. The maximum atomic E-state index is 2.35. The summed E-state index contributed by atoms with van der Waals surface area (Å²) in [6.45, 7) is 0. The number of rotatable bonds is 2. The lowest BCUT2D eigenvalue weighted by Gasteiger charge is -2.28. The molecule has 0 heteroatoms. The van der Waals surface area contributed by atoms with E-state index in [0.717, 1.165) is 12.3 Å². The van der Waals surface area contributed by atoms with Gasteiger partial charge in [-0.2, -0.15) is 0 Å². The van der Waals surface area contributed by atoms with Crippen LogP contribution in [0.3, 0.4) is 0 Å². The highest BCUT2D eigenvalue weighted by Gasteiger charge is 2.31. The van der Waals surface area contributed by atoms with E-state index in [1.54, 1.807) is 22.3 Å². The van der Waals surface area contributed by atoms with Crippen molar-refractivity contribution >= 4 is 0 Å². The van der Waals surface area contributed by atoms with Crippen LogP contribution in [0.4, 0.5) is 0 Å². The molecule has 18 heavy (non-hydrogen) atoms. The van der Waals surface area contributed by atoms with Gasteiger partial charge in [-0.15, -0.1) is 0 Å².